The van der Waals surface area contributed by atoms with Gasteiger partial charge in [-0.15, -0.1) is 0 Å². The number of halogens is 1. The first-order valence-electron chi connectivity index (χ1n) is 8.80. The lowest BCUT2D eigenvalue weighted by Crippen LogP contribution is -2.50. The van der Waals surface area contributed by atoms with Gasteiger partial charge in [-0.2, -0.15) is 0 Å². The van der Waals surface area contributed by atoms with Crippen molar-refractivity contribution in [3.63, 3.8) is 0 Å². The van der Waals surface area contributed by atoms with Crippen molar-refractivity contribution < 1.29 is 28.9 Å². The molecule has 148 valence electrons. The molecule has 1 aromatic carbocycles. The van der Waals surface area contributed by atoms with Crippen LogP contribution >= 0.6 is 11.6 Å². The second-order valence-corrected chi connectivity index (χ2v) is 7.11. The van der Waals surface area contributed by atoms with Crippen molar-refractivity contribution in [2.75, 3.05) is 53.0 Å². The normalized spacial score (nSPS) is 19.2. The van der Waals surface area contributed by atoms with Crippen LogP contribution in [0.1, 0.15) is 5.56 Å². The number of carbonyl (C=O) groups excluding carboxylic acids is 1. The summed E-state index contributed by atoms with van der Waals surface area (Å²) in [5.41, 5.74) is 0.764. The van der Waals surface area contributed by atoms with Crippen LogP contribution in [0.2, 0.25) is 5.02 Å². The molecule has 0 radical (unpaired) electrons. The van der Waals surface area contributed by atoms with Crippen LogP contribution in [-0.4, -0.2) is 85.9 Å². The summed E-state index contributed by atoms with van der Waals surface area (Å²) in [5.74, 6) is 0.160. The lowest BCUT2D eigenvalue weighted by Gasteiger charge is -2.34. The van der Waals surface area contributed by atoms with Crippen LogP contribution in [0.4, 0.5) is 0 Å². The molecule has 1 fully saturated rings. The van der Waals surface area contributed by atoms with Gasteiger partial charge in [0.15, 0.2) is 11.5 Å². The molecule has 8 nitrogen and oxygen atoms in total. The van der Waals surface area contributed by atoms with Crippen LogP contribution in [-0.2, 0) is 20.7 Å². The molecule has 1 atom stereocenters. The Labute approximate surface area is 162 Å². The lowest BCUT2D eigenvalue weighted by atomic mass is 10.1. The first-order valence-corrected chi connectivity index (χ1v) is 9.18. The first kappa shape index (κ1) is 19.7. The Morgan fingerprint density at radius 1 is 1.30 bits per heavy atom. The number of rotatable bonds is 6. The van der Waals surface area contributed by atoms with Crippen LogP contribution in [0.15, 0.2) is 12.1 Å². The van der Waals surface area contributed by atoms with Crippen molar-refractivity contribution in [2.24, 2.45) is 0 Å². The molecule has 1 N–H and O–H groups in total. The van der Waals surface area contributed by atoms with Gasteiger partial charge in [0.25, 0.3) is 0 Å². The van der Waals surface area contributed by atoms with Crippen molar-refractivity contribution in [1.82, 2.24) is 9.80 Å². The van der Waals surface area contributed by atoms with E-state index in [1.54, 1.807) is 29.0 Å². The Balaban J connectivity index is 1.59. The van der Waals surface area contributed by atoms with E-state index in [0.29, 0.717) is 56.0 Å². The first-order chi connectivity index (χ1) is 12.9. The monoisotopic (exact) mass is 398 g/mol. The van der Waals surface area contributed by atoms with Crippen molar-refractivity contribution in [3.8, 4) is 11.5 Å². The summed E-state index contributed by atoms with van der Waals surface area (Å²) in [6.07, 6.45) is -0.00970. The topological polar surface area (TPSA) is 88.5 Å². The average Bonchev–Trinajstić information content (AvgIpc) is 2.61. The van der Waals surface area contributed by atoms with Gasteiger partial charge in [-0.05, 0) is 24.7 Å². The molecular formula is C18H23ClN2O6. The second-order valence-electron chi connectivity index (χ2n) is 6.70. The molecule has 0 aromatic heterocycles. The van der Waals surface area contributed by atoms with Crippen LogP contribution in [0.5, 0.6) is 11.5 Å². The minimum atomic E-state index is -0.892. The summed E-state index contributed by atoms with van der Waals surface area (Å²) in [4.78, 5) is 26.9. The van der Waals surface area contributed by atoms with Crippen molar-refractivity contribution in [1.29, 1.82) is 0 Å². The third-order valence-electron chi connectivity index (χ3n) is 4.42. The molecule has 0 aliphatic carbocycles. The predicted octanol–water partition coefficient (Wildman–Crippen LogP) is 0.898. The summed E-state index contributed by atoms with van der Waals surface area (Å²) in [5, 5.41) is 9.28. The Morgan fingerprint density at radius 3 is 2.85 bits per heavy atom. The van der Waals surface area contributed by atoms with Gasteiger partial charge in [0.1, 0.15) is 13.2 Å². The molecule has 1 unspecified atom stereocenters. The molecule has 0 bridgehead atoms. The van der Waals surface area contributed by atoms with Crippen molar-refractivity contribution in [3.05, 3.63) is 22.7 Å². The quantitative estimate of drug-likeness (QED) is 0.761. The molecule has 1 amide bonds. The van der Waals surface area contributed by atoms with Crippen LogP contribution in [0.3, 0.4) is 0 Å². The number of fused-ring (bicyclic) bond motifs is 1. The number of carboxylic acid groups (broad SMARTS) is 1. The number of morpholine rings is 1. The zero-order valence-corrected chi connectivity index (χ0v) is 15.9. The van der Waals surface area contributed by atoms with E-state index in [1.807, 2.05) is 0 Å². The molecule has 2 aliphatic heterocycles. The maximum atomic E-state index is 12.7. The Morgan fingerprint density at radius 2 is 2.07 bits per heavy atom. The highest BCUT2D eigenvalue weighted by molar-refractivity contribution is 6.32. The SMILES string of the molecule is CN(CC(=O)O)CC1CN(C(=O)Cc2cc(Cl)c3c(c2)OCCO3)CCO1. The minimum Gasteiger partial charge on any atom is -0.486 e. The van der Waals surface area contributed by atoms with Gasteiger partial charge in [0.05, 0.1) is 30.7 Å². The Hall–Kier alpha value is -2.03. The molecule has 0 saturated carbocycles. The molecule has 3 rings (SSSR count). The van der Waals surface area contributed by atoms with Crippen molar-refractivity contribution >= 4 is 23.5 Å². The van der Waals surface area contributed by atoms with Gasteiger partial charge in [-0.1, -0.05) is 11.6 Å². The maximum absolute atomic E-state index is 12.7. The Bertz CT molecular complexity index is 713. The highest BCUT2D eigenvalue weighted by Crippen LogP contribution is 2.38. The minimum absolute atomic E-state index is 0.0306. The molecule has 27 heavy (non-hydrogen) atoms. The fourth-order valence-electron chi connectivity index (χ4n) is 3.25. The molecule has 1 aromatic rings. The second kappa shape index (κ2) is 8.77. The maximum Gasteiger partial charge on any atom is 0.317 e. The summed E-state index contributed by atoms with van der Waals surface area (Å²) >= 11 is 6.24. The number of nitrogens with zero attached hydrogens (tertiary/aromatic N) is 2. The third-order valence-corrected chi connectivity index (χ3v) is 4.70. The smallest absolute Gasteiger partial charge is 0.317 e. The van der Waals surface area contributed by atoms with Crippen LogP contribution in [0.25, 0.3) is 0 Å². The van der Waals surface area contributed by atoms with Crippen molar-refractivity contribution in [2.45, 2.75) is 12.5 Å². The number of benzene rings is 1. The highest BCUT2D eigenvalue weighted by Gasteiger charge is 2.26. The summed E-state index contributed by atoms with van der Waals surface area (Å²) in [7, 11) is 1.72. The molecule has 2 heterocycles. The van der Waals surface area contributed by atoms with Gasteiger partial charge in [-0.25, -0.2) is 0 Å². The Kier molecular flexibility index (Phi) is 6.41. The van der Waals surface area contributed by atoms with E-state index in [9.17, 15) is 9.59 Å². The van der Waals surface area contributed by atoms with Gasteiger partial charge in [-0.3, -0.25) is 14.5 Å². The molecule has 0 spiro atoms. The summed E-state index contributed by atoms with van der Waals surface area (Å²) < 4.78 is 16.7. The van der Waals surface area contributed by atoms with E-state index in [1.165, 1.54) is 0 Å². The third kappa shape index (κ3) is 5.24. The van der Waals surface area contributed by atoms with Gasteiger partial charge in [0.2, 0.25) is 5.91 Å². The zero-order valence-electron chi connectivity index (χ0n) is 15.1. The van der Waals surface area contributed by atoms with E-state index in [0.717, 1.165) is 5.56 Å². The van der Waals surface area contributed by atoms with E-state index in [4.69, 9.17) is 30.9 Å². The highest BCUT2D eigenvalue weighted by atomic mass is 35.5. The number of amides is 1. The lowest BCUT2D eigenvalue weighted by molar-refractivity contribution is -0.142. The molecular weight excluding hydrogens is 376 g/mol. The van der Waals surface area contributed by atoms with E-state index < -0.39 is 5.97 Å². The average molecular weight is 399 g/mol. The zero-order chi connectivity index (χ0) is 19.4. The van der Waals surface area contributed by atoms with Crippen LogP contribution in [0, 0.1) is 0 Å². The number of hydrogen-bond acceptors (Lipinski definition) is 6. The summed E-state index contributed by atoms with van der Waals surface area (Å²) in [6, 6.07) is 3.52. The van der Waals surface area contributed by atoms with Gasteiger partial charge in [0, 0.05) is 19.6 Å². The standard InChI is InChI=1S/C18H23ClN2O6/c1-20(11-17(23)24)9-13-10-21(2-3-25-13)16(22)8-12-6-14(19)18-15(7-12)26-4-5-27-18/h6-7,13H,2-5,8-11H2,1H3,(H,23,24). The number of hydrogen-bond donors (Lipinski definition) is 1. The summed E-state index contributed by atoms with van der Waals surface area (Å²) in [6.45, 7) is 2.66. The number of aliphatic carboxylic acids is 1. The number of ether oxygens (including phenoxy) is 3. The molecule has 1 saturated heterocycles. The number of carboxylic acids is 1. The van der Waals surface area contributed by atoms with E-state index in [-0.39, 0.29) is 25.0 Å². The fourth-order valence-corrected chi connectivity index (χ4v) is 3.54. The van der Waals surface area contributed by atoms with Crippen LogP contribution < -0.4 is 9.47 Å². The number of carbonyl (C=O) groups is 2. The predicted molar refractivity (Wildman–Crippen MR) is 97.6 cm³/mol. The molecule has 2 aliphatic rings. The fraction of sp³-hybridized carbons (Fsp3) is 0.556. The largest absolute Gasteiger partial charge is 0.486 e. The van der Waals surface area contributed by atoms with Gasteiger partial charge >= 0.3 is 5.97 Å². The van der Waals surface area contributed by atoms with E-state index >= 15 is 0 Å². The van der Waals surface area contributed by atoms with Gasteiger partial charge < -0.3 is 24.2 Å². The molecule has 9 heteroatoms. The van der Waals surface area contributed by atoms with E-state index in [2.05, 4.69) is 0 Å². The number of likely N-dealkylation sites (N-methyl/N-ethyl adjacent to an activating group) is 1.